The first-order valence-electron chi connectivity index (χ1n) is 21.5. The molecule has 21 heteroatoms. The van der Waals surface area contributed by atoms with E-state index in [4.69, 9.17) is 14.5 Å². The molecule has 18 nitrogen and oxygen atoms in total. The van der Waals surface area contributed by atoms with Gasteiger partial charge in [-0.15, -0.1) is 5.06 Å². The summed E-state index contributed by atoms with van der Waals surface area (Å²) in [7, 11) is -9.42. The largest absolute Gasteiger partial charge is 1.00 e. The number of carbonyl (C=O) groups is 5. The van der Waals surface area contributed by atoms with Gasteiger partial charge < -0.3 is 23.3 Å². The molecule has 356 valence electrons. The quantitative estimate of drug-likeness (QED) is 0.0570. The Bertz CT molecular complexity index is 2720. The number of imide groups is 2. The summed E-state index contributed by atoms with van der Waals surface area (Å²) in [5.41, 5.74) is 2.08. The molecule has 0 spiro atoms. The van der Waals surface area contributed by atoms with Crippen molar-refractivity contribution in [3.63, 3.8) is 0 Å². The van der Waals surface area contributed by atoms with Crippen molar-refractivity contribution in [2.75, 3.05) is 30.3 Å². The number of hydroxylamine groups is 4. The first-order chi connectivity index (χ1) is 30.9. The molecule has 0 aromatic heterocycles. The van der Waals surface area contributed by atoms with Gasteiger partial charge in [-0.3, -0.25) is 24.4 Å². The molecule has 2 saturated heterocycles. The van der Waals surface area contributed by atoms with Crippen LogP contribution in [0.15, 0.2) is 81.8 Å². The van der Waals surface area contributed by atoms with Crippen LogP contribution in [0.4, 0.5) is 5.69 Å². The van der Waals surface area contributed by atoms with Crippen molar-refractivity contribution in [2.24, 2.45) is 0 Å². The van der Waals surface area contributed by atoms with E-state index in [-0.39, 0.29) is 97.9 Å². The van der Waals surface area contributed by atoms with Crippen LogP contribution in [0.3, 0.4) is 0 Å². The molecule has 1 atom stereocenters. The van der Waals surface area contributed by atoms with Crippen molar-refractivity contribution >= 4 is 61.6 Å². The zero-order chi connectivity index (χ0) is 48.8. The molecule has 4 aliphatic heterocycles. The molecule has 1 N–H and O–H groups in total. The summed E-state index contributed by atoms with van der Waals surface area (Å²) in [6.45, 7) is 14.0. The molecule has 6 rings (SSSR count). The standard InChI is InChI=1S/C42H51N3O11S2.C4H5NO3.Na/c1-7-43(8-2)30-17-19-32-29(26-37(41(3,4)5)55-35(32)27-30)14-10-9-11-15-36-42(6,23-12-16-40(48)56-45-38(46)21-22-39(45)47)33-28-31(58(52,53)54)18-20-34(33)44(36)24-13-25-57(49,50)51;6-3-1-2-4(7)5(3)8;/h9-11,14-15,17-20,26-28H,7-8,12-13,16,21-25H2,1-6H3,(H-,49,50,51,52,53,54);8H,1-2H2;/q;;+1/p-1. The van der Waals surface area contributed by atoms with Crippen LogP contribution in [-0.4, -0.2) is 96.3 Å². The van der Waals surface area contributed by atoms with Gasteiger partial charge >= 0.3 is 35.5 Å². The van der Waals surface area contributed by atoms with E-state index in [9.17, 15) is 49.9 Å². The van der Waals surface area contributed by atoms with Crippen LogP contribution in [-0.2, 0) is 59.9 Å². The average molecular weight is 975 g/mol. The summed E-state index contributed by atoms with van der Waals surface area (Å²) < 4.78 is 79.9. The minimum absolute atomic E-state index is 0. The van der Waals surface area contributed by atoms with Crippen LogP contribution in [0.25, 0.3) is 17.4 Å². The van der Waals surface area contributed by atoms with E-state index in [1.54, 1.807) is 17.1 Å². The molecule has 1 aromatic carbocycles. The predicted octanol–water partition coefficient (Wildman–Crippen LogP) is 1.87. The molecule has 2 fully saturated rings. The third kappa shape index (κ3) is 13.7. The Morgan fingerprint density at radius 3 is 2.06 bits per heavy atom. The Kier molecular flexibility index (Phi) is 18.4. The second-order valence-corrected chi connectivity index (χ2v) is 20.1. The van der Waals surface area contributed by atoms with Crippen molar-refractivity contribution in [1.29, 1.82) is 0 Å². The fourth-order valence-corrected chi connectivity index (χ4v) is 8.89. The predicted molar refractivity (Wildman–Crippen MR) is 239 cm³/mol. The van der Waals surface area contributed by atoms with Gasteiger partial charge in [-0.2, -0.15) is 5.06 Å². The summed E-state index contributed by atoms with van der Waals surface area (Å²) in [4.78, 5) is 63.6. The number of rotatable bonds is 15. The summed E-state index contributed by atoms with van der Waals surface area (Å²) in [5.74, 6) is -2.13. The normalized spacial score (nSPS) is 18.3. The van der Waals surface area contributed by atoms with Gasteiger partial charge in [-0.05, 0) is 87.6 Å². The SMILES string of the molecule is CC[N+](CC)=c1ccc2c(C=CC=CC=C3N(CCCS(=O)(=O)[O-])c4ccc(S(=O)(=O)[O-])cc4C3(C)CCCC(=O)ON3C(=O)CCC3=O)cc(C(C)(C)C)oc-2c1.O=C1CCC(=O)N1O.[Na+]. The van der Waals surface area contributed by atoms with Crippen LogP contribution in [0, 0.1) is 0 Å². The first kappa shape index (κ1) is 54.8. The molecule has 4 amide bonds. The van der Waals surface area contributed by atoms with E-state index >= 15 is 0 Å². The fraction of sp³-hybridized carbons (Fsp3) is 0.435. The Morgan fingerprint density at radius 2 is 1.51 bits per heavy atom. The summed E-state index contributed by atoms with van der Waals surface area (Å²) in [6.07, 6.45) is 9.49. The Morgan fingerprint density at radius 1 is 0.881 bits per heavy atom. The van der Waals surface area contributed by atoms with E-state index in [2.05, 4.69) is 51.3 Å². The van der Waals surface area contributed by atoms with E-state index in [0.717, 1.165) is 41.1 Å². The van der Waals surface area contributed by atoms with Crippen LogP contribution < -0.4 is 44.4 Å². The Hall–Kier alpha value is -4.80. The second-order valence-electron chi connectivity index (χ2n) is 17.2. The minimum Gasteiger partial charge on any atom is -0.748 e. The number of anilines is 1. The molecular weight excluding hydrogens is 920 g/mol. The van der Waals surface area contributed by atoms with Crippen LogP contribution in [0.2, 0.25) is 0 Å². The summed E-state index contributed by atoms with van der Waals surface area (Å²) >= 11 is 0. The smallest absolute Gasteiger partial charge is 0.748 e. The van der Waals surface area contributed by atoms with Gasteiger partial charge in [-0.1, -0.05) is 45.1 Å². The molecule has 0 saturated carbocycles. The maximum absolute atomic E-state index is 12.7. The molecule has 1 unspecified atom stereocenters. The van der Waals surface area contributed by atoms with Crippen molar-refractivity contribution in [3.05, 3.63) is 94.7 Å². The summed E-state index contributed by atoms with van der Waals surface area (Å²) in [5, 5.41) is 10.1. The van der Waals surface area contributed by atoms with Crippen LogP contribution in [0.1, 0.15) is 110 Å². The molecule has 4 heterocycles. The average Bonchev–Trinajstić information content (AvgIpc) is 3.80. The van der Waals surface area contributed by atoms with Crippen LogP contribution in [0.5, 0.6) is 0 Å². The Labute approximate surface area is 412 Å². The number of amides is 4. The number of allylic oxidation sites excluding steroid dienone is 5. The maximum Gasteiger partial charge on any atom is 1.00 e. The first-order valence-corrected chi connectivity index (χ1v) is 24.5. The zero-order valence-electron chi connectivity index (χ0n) is 38.8. The number of hydrogen-bond donors (Lipinski definition) is 1. The van der Waals surface area contributed by atoms with Gasteiger partial charge in [-0.25, -0.2) is 26.2 Å². The topological polar surface area (TPSA) is 255 Å². The molecular formula is C46H55N4NaO14S2. The van der Waals surface area contributed by atoms with E-state index < -0.39 is 65.9 Å². The third-order valence-corrected chi connectivity index (χ3v) is 13.1. The van der Waals surface area contributed by atoms with Gasteiger partial charge in [0.25, 0.3) is 23.6 Å². The Balaban J connectivity index is 0.000000983. The van der Waals surface area contributed by atoms with Gasteiger partial charge in [0.05, 0.1) is 21.1 Å². The van der Waals surface area contributed by atoms with Gasteiger partial charge in [0.15, 0.2) is 0 Å². The third-order valence-electron chi connectivity index (χ3n) is 11.5. The van der Waals surface area contributed by atoms with E-state index in [1.807, 2.05) is 37.3 Å². The zero-order valence-corrected chi connectivity index (χ0v) is 42.4. The van der Waals surface area contributed by atoms with E-state index in [1.165, 1.54) is 18.2 Å². The number of nitrogens with zero attached hydrogens (tertiary/aromatic N) is 4. The minimum atomic E-state index is -4.88. The van der Waals surface area contributed by atoms with Crippen molar-refractivity contribution in [1.82, 2.24) is 14.7 Å². The number of fused-ring (bicyclic) bond motifs is 2. The number of benzene rings is 2. The number of carbonyl (C=O) groups excluding carboxylic acids is 5. The van der Waals surface area contributed by atoms with Crippen molar-refractivity contribution < 1.29 is 93.9 Å². The molecule has 0 radical (unpaired) electrons. The number of hydrogen-bond acceptors (Lipinski definition) is 15. The molecule has 0 bridgehead atoms. The monoisotopic (exact) mass is 974 g/mol. The summed E-state index contributed by atoms with van der Waals surface area (Å²) in [6, 6.07) is 12.1. The van der Waals surface area contributed by atoms with Crippen molar-refractivity contribution in [3.8, 4) is 11.3 Å². The second kappa shape index (κ2) is 22.5. The van der Waals surface area contributed by atoms with Crippen LogP contribution >= 0.6 is 0 Å². The van der Waals surface area contributed by atoms with Gasteiger partial charge in [0.1, 0.15) is 34.7 Å². The van der Waals surface area contributed by atoms with Crippen molar-refractivity contribution in [2.45, 2.75) is 109 Å². The molecule has 1 aliphatic carbocycles. The van der Waals surface area contributed by atoms with E-state index in [0.29, 0.717) is 22.0 Å². The molecule has 5 aliphatic rings. The fourth-order valence-electron chi connectivity index (χ4n) is 7.91. The molecule has 1 aromatic rings. The van der Waals surface area contributed by atoms with Gasteiger partial charge in [0, 0.05) is 78.2 Å². The maximum atomic E-state index is 12.7. The molecule has 67 heavy (non-hydrogen) atoms. The van der Waals surface area contributed by atoms with Gasteiger partial charge in [0.2, 0.25) is 5.36 Å².